The van der Waals surface area contributed by atoms with Crippen LogP contribution in [-0.4, -0.2) is 56.3 Å². The molecule has 2 aromatic carbocycles. The molecule has 0 aliphatic carbocycles. The van der Waals surface area contributed by atoms with Gasteiger partial charge in [0.05, 0.1) is 11.5 Å². The van der Waals surface area contributed by atoms with Crippen LogP contribution in [0.4, 0.5) is 0 Å². The summed E-state index contributed by atoms with van der Waals surface area (Å²) in [4.78, 5) is 14.5. The predicted molar refractivity (Wildman–Crippen MR) is 122 cm³/mol. The SMILES string of the molecule is CC(C)(C)c1ccc(S(=O)(=O)N2CCN(C(=O)CCCOc3ccccc3)CC2)cc1. The van der Waals surface area contributed by atoms with Crippen LogP contribution in [0.5, 0.6) is 5.75 Å². The van der Waals surface area contributed by atoms with Crippen molar-refractivity contribution in [2.45, 2.75) is 43.9 Å². The number of carbonyl (C=O) groups excluding carboxylic acids is 1. The lowest BCUT2D eigenvalue weighted by Crippen LogP contribution is -2.50. The lowest BCUT2D eigenvalue weighted by Gasteiger charge is -2.34. The topological polar surface area (TPSA) is 66.9 Å². The second-order valence-corrected chi connectivity index (χ2v) is 10.8. The molecule has 0 unspecified atom stereocenters. The van der Waals surface area contributed by atoms with Gasteiger partial charge in [0, 0.05) is 32.6 Å². The summed E-state index contributed by atoms with van der Waals surface area (Å²) in [6, 6.07) is 16.6. The molecule has 0 saturated carbocycles. The molecular formula is C24H32N2O4S. The highest BCUT2D eigenvalue weighted by Crippen LogP contribution is 2.25. The minimum Gasteiger partial charge on any atom is -0.494 e. The number of amides is 1. The van der Waals surface area contributed by atoms with Gasteiger partial charge in [-0.05, 0) is 41.7 Å². The standard InChI is InChI=1S/C24H32N2O4S/c1-24(2,3)20-11-13-22(14-12-20)31(28,29)26-17-15-25(16-18-26)23(27)10-7-19-30-21-8-5-4-6-9-21/h4-6,8-9,11-14H,7,10,15-19H2,1-3H3. The lowest BCUT2D eigenvalue weighted by molar-refractivity contribution is -0.132. The van der Waals surface area contributed by atoms with Crippen LogP contribution >= 0.6 is 0 Å². The number of rotatable bonds is 7. The van der Waals surface area contributed by atoms with E-state index >= 15 is 0 Å². The van der Waals surface area contributed by atoms with Gasteiger partial charge >= 0.3 is 0 Å². The zero-order valence-electron chi connectivity index (χ0n) is 18.6. The van der Waals surface area contributed by atoms with E-state index < -0.39 is 10.0 Å². The molecule has 31 heavy (non-hydrogen) atoms. The van der Waals surface area contributed by atoms with Crippen LogP contribution in [0, 0.1) is 0 Å². The van der Waals surface area contributed by atoms with Crippen molar-refractivity contribution >= 4 is 15.9 Å². The van der Waals surface area contributed by atoms with Crippen molar-refractivity contribution < 1.29 is 17.9 Å². The summed E-state index contributed by atoms with van der Waals surface area (Å²) in [7, 11) is -3.55. The third-order valence-corrected chi connectivity index (χ3v) is 7.41. The summed E-state index contributed by atoms with van der Waals surface area (Å²) in [5.74, 6) is 0.840. The van der Waals surface area contributed by atoms with E-state index in [2.05, 4.69) is 20.8 Å². The third-order valence-electron chi connectivity index (χ3n) is 5.50. The summed E-state index contributed by atoms with van der Waals surface area (Å²) in [5, 5.41) is 0. The van der Waals surface area contributed by atoms with Crippen molar-refractivity contribution in [3.8, 4) is 5.75 Å². The second kappa shape index (κ2) is 9.83. The Kier molecular flexibility index (Phi) is 7.38. The first-order valence-electron chi connectivity index (χ1n) is 10.7. The van der Waals surface area contributed by atoms with Gasteiger partial charge in [-0.2, -0.15) is 4.31 Å². The molecule has 1 fully saturated rings. The van der Waals surface area contributed by atoms with E-state index in [-0.39, 0.29) is 11.3 Å². The van der Waals surface area contributed by atoms with Gasteiger partial charge in [-0.15, -0.1) is 0 Å². The van der Waals surface area contributed by atoms with Gasteiger partial charge in [-0.25, -0.2) is 8.42 Å². The minimum atomic E-state index is -3.55. The number of para-hydroxylation sites is 1. The van der Waals surface area contributed by atoms with Crippen molar-refractivity contribution in [1.82, 2.24) is 9.21 Å². The molecule has 168 valence electrons. The van der Waals surface area contributed by atoms with Gasteiger partial charge in [0.1, 0.15) is 5.75 Å². The van der Waals surface area contributed by atoms with E-state index in [1.54, 1.807) is 17.0 Å². The van der Waals surface area contributed by atoms with E-state index in [1.165, 1.54) is 4.31 Å². The predicted octanol–water partition coefficient (Wildman–Crippen LogP) is 3.68. The molecule has 1 aliphatic rings. The van der Waals surface area contributed by atoms with Crippen LogP contribution in [0.3, 0.4) is 0 Å². The van der Waals surface area contributed by atoms with E-state index in [1.807, 2.05) is 42.5 Å². The number of hydrogen-bond donors (Lipinski definition) is 0. The van der Waals surface area contributed by atoms with Gasteiger partial charge in [-0.3, -0.25) is 4.79 Å². The summed E-state index contributed by atoms with van der Waals surface area (Å²) in [6.45, 7) is 8.23. The smallest absolute Gasteiger partial charge is 0.243 e. The van der Waals surface area contributed by atoms with Crippen LogP contribution in [0.2, 0.25) is 0 Å². The number of sulfonamides is 1. The van der Waals surface area contributed by atoms with Crippen molar-refractivity contribution in [2.24, 2.45) is 0 Å². The van der Waals surface area contributed by atoms with Crippen molar-refractivity contribution in [1.29, 1.82) is 0 Å². The Labute approximate surface area is 185 Å². The molecule has 3 rings (SSSR count). The number of piperazine rings is 1. The average Bonchev–Trinajstić information content (AvgIpc) is 2.77. The molecule has 0 radical (unpaired) electrons. The molecule has 0 bridgehead atoms. The van der Waals surface area contributed by atoms with Crippen LogP contribution in [-0.2, 0) is 20.2 Å². The first kappa shape index (κ1) is 23.3. The highest BCUT2D eigenvalue weighted by atomic mass is 32.2. The zero-order chi connectivity index (χ0) is 22.5. The molecule has 0 aromatic heterocycles. The van der Waals surface area contributed by atoms with Gasteiger partial charge in [0.15, 0.2) is 0 Å². The zero-order valence-corrected chi connectivity index (χ0v) is 19.4. The van der Waals surface area contributed by atoms with Crippen LogP contribution in [0.25, 0.3) is 0 Å². The van der Waals surface area contributed by atoms with Crippen LogP contribution < -0.4 is 4.74 Å². The normalized spacial score (nSPS) is 15.6. The van der Waals surface area contributed by atoms with E-state index in [0.29, 0.717) is 50.5 Å². The average molecular weight is 445 g/mol. The summed E-state index contributed by atoms with van der Waals surface area (Å²) >= 11 is 0. The Morgan fingerprint density at radius 1 is 0.935 bits per heavy atom. The number of nitrogens with zero attached hydrogens (tertiary/aromatic N) is 2. The lowest BCUT2D eigenvalue weighted by atomic mass is 9.87. The molecule has 0 spiro atoms. The van der Waals surface area contributed by atoms with E-state index in [9.17, 15) is 13.2 Å². The Bertz CT molecular complexity index is 959. The van der Waals surface area contributed by atoms with Gasteiger partial charge in [0.2, 0.25) is 15.9 Å². The van der Waals surface area contributed by atoms with Crippen molar-refractivity contribution in [3.63, 3.8) is 0 Å². The molecule has 1 heterocycles. The second-order valence-electron chi connectivity index (χ2n) is 8.82. The Hall–Kier alpha value is -2.38. The molecule has 7 heteroatoms. The molecule has 1 amide bonds. The maximum absolute atomic E-state index is 13.0. The molecular weight excluding hydrogens is 412 g/mol. The highest BCUT2D eigenvalue weighted by molar-refractivity contribution is 7.89. The first-order chi connectivity index (χ1) is 14.7. The van der Waals surface area contributed by atoms with Crippen molar-refractivity contribution in [2.75, 3.05) is 32.8 Å². The first-order valence-corrected chi connectivity index (χ1v) is 12.2. The van der Waals surface area contributed by atoms with E-state index in [4.69, 9.17) is 4.74 Å². The third kappa shape index (κ3) is 6.08. The number of carbonyl (C=O) groups is 1. The number of hydrogen-bond acceptors (Lipinski definition) is 4. The Morgan fingerprint density at radius 3 is 2.13 bits per heavy atom. The Balaban J connectivity index is 1.47. The molecule has 0 atom stereocenters. The molecule has 1 aliphatic heterocycles. The minimum absolute atomic E-state index is 0.0274. The van der Waals surface area contributed by atoms with Crippen LogP contribution in [0.1, 0.15) is 39.2 Å². The fourth-order valence-electron chi connectivity index (χ4n) is 3.54. The summed E-state index contributed by atoms with van der Waals surface area (Å²) in [5.41, 5.74) is 1.07. The van der Waals surface area contributed by atoms with Gasteiger partial charge in [0.25, 0.3) is 0 Å². The molecule has 1 saturated heterocycles. The summed E-state index contributed by atoms with van der Waals surface area (Å²) < 4.78 is 33.1. The molecule has 0 N–H and O–H groups in total. The maximum Gasteiger partial charge on any atom is 0.243 e. The largest absolute Gasteiger partial charge is 0.494 e. The maximum atomic E-state index is 13.0. The van der Waals surface area contributed by atoms with Crippen LogP contribution in [0.15, 0.2) is 59.5 Å². The van der Waals surface area contributed by atoms with Crippen molar-refractivity contribution in [3.05, 3.63) is 60.2 Å². The molecule has 6 nitrogen and oxygen atoms in total. The summed E-state index contributed by atoms with van der Waals surface area (Å²) in [6.07, 6.45) is 1.03. The van der Waals surface area contributed by atoms with Gasteiger partial charge in [-0.1, -0.05) is 51.1 Å². The quantitative estimate of drug-likeness (QED) is 0.611. The Morgan fingerprint density at radius 2 is 1.55 bits per heavy atom. The van der Waals surface area contributed by atoms with E-state index in [0.717, 1.165) is 11.3 Å². The number of benzene rings is 2. The monoisotopic (exact) mass is 444 g/mol. The molecule has 2 aromatic rings. The van der Waals surface area contributed by atoms with Gasteiger partial charge < -0.3 is 9.64 Å². The number of ether oxygens (including phenoxy) is 1. The highest BCUT2D eigenvalue weighted by Gasteiger charge is 2.30. The fraction of sp³-hybridized carbons (Fsp3) is 0.458. The fourth-order valence-corrected chi connectivity index (χ4v) is 4.96.